The summed E-state index contributed by atoms with van der Waals surface area (Å²) in [6.07, 6.45) is -4.30. The van der Waals surface area contributed by atoms with Crippen molar-refractivity contribution >= 4 is 50.1 Å². The van der Waals surface area contributed by atoms with Gasteiger partial charge in [0.1, 0.15) is 29.5 Å². The van der Waals surface area contributed by atoms with E-state index in [1.165, 1.54) is 18.5 Å². The topological polar surface area (TPSA) is 183 Å². The van der Waals surface area contributed by atoms with Gasteiger partial charge in [-0.2, -0.15) is 32.1 Å². The Kier molecular flexibility index (Phi) is 11.1. The van der Waals surface area contributed by atoms with Gasteiger partial charge in [-0.3, -0.25) is 24.5 Å². The summed E-state index contributed by atoms with van der Waals surface area (Å²) in [5.41, 5.74) is -3.14. The third-order valence-corrected chi connectivity index (χ3v) is 16.0. The Hall–Kier alpha value is -5.61. The van der Waals surface area contributed by atoms with Gasteiger partial charge < -0.3 is 14.8 Å². The number of carbonyl (C=O) groups excluding carboxylic acids is 1. The smallest absolute Gasteiger partial charge is 0.405 e. The number of nitrogens with one attached hydrogen (secondary N) is 2. The number of anilines is 2. The third-order valence-electron chi connectivity index (χ3n) is 12.6. The fourth-order valence-electron chi connectivity index (χ4n) is 9.00. The number of carbonyl (C=O) groups is 1. The molecular formula is C44H43ClF7N9O5S. The van der Waals surface area contributed by atoms with Crippen LogP contribution in [0, 0.1) is 17.6 Å². The number of aliphatic hydroxyl groups is 1. The number of alkyl halides is 5. The molecule has 6 aromatic rings. The molecule has 23 heteroatoms. The van der Waals surface area contributed by atoms with Crippen LogP contribution < -0.4 is 10.6 Å². The van der Waals surface area contributed by atoms with Crippen molar-refractivity contribution in [1.29, 1.82) is 0 Å². The molecule has 4 aromatic heterocycles. The molecule has 2 fully saturated rings. The quantitative estimate of drug-likeness (QED) is 0.0837. The van der Waals surface area contributed by atoms with E-state index in [2.05, 4.69) is 31.0 Å². The van der Waals surface area contributed by atoms with E-state index >= 15 is 8.78 Å². The highest BCUT2D eigenvalue weighted by atomic mass is 35.5. The number of hydrogen-bond donors (Lipinski definition) is 3. The molecule has 67 heavy (non-hydrogen) atoms. The molecule has 2 aromatic carbocycles. The van der Waals surface area contributed by atoms with Gasteiger partial charge in [0.15, 0.2) is 21.3 Å². The number of pyridine rings is 1. The maximum Gasteiger partial charge on any atom is 0.435 e. The minimum atomic E-state index is -5.09. The number of sulfone groups is 1. The first-order valence-corrected chi connectivity index (χ1v) is 23.2. The average molecular weight is 978 g/mol. The molecule has 14 nitrogen and oxygen atoms in total. The first kappa shape index (κ1) is 46.5. The summed E-state index contributed by atoms with van der Waals surface area (Å²) in [4.78, 5) is 19.2. The van der Waals surface area contributed by atoms with Gasteiger partial charge in [-0.25, -0.2) is 17.2 Å². The second-order valence-corrected chi connectivity index (χ2v) is 21.8. The lowest BCUT2D eigenvalue weighted by Crippen LogP contribution is -2.36. The van der Waals surface area contributed by atoms with Crippen LogP contribution in [0.1, 0.15) is 105 Å². The number of fused-ring (bicyclic) bond motifs is 4. The Morgan fingerprint density at radius 3 is 2.34 bits per heavy atom. The van der Waals surface area contributed by atoms with Crippen LogP contribution in [0.4, 0.5) is 42.6 Å². The van der Waals surface area contributed by atoms with Crippen molar-refractivity contribution in [3.05, 3.63) is 98.9 Å². The van der Waals surface area contributed by atoms with E-state index in [1.807, 2.05) is 0 Å². The number of nitrogens with zero attached hydrogens (tertiary/aromatic N) is 7. The van der Waals surface area contributed by atoms with Crippen molar-refractivity contribution in [3.63, 3.8) is 0 Å². The highest BCUT2D eigenvalue weighted by Gasteiger charge is 2.68. The fourth-order valence-corrected chi connectivity index (χ4v) is 11.3. The van der Waals surface area contributed by atoms with E-state index < -0.39 is 96.4 Å². The highest BCUT2D eigenvalue weighted by Crippen LogP contribution is 2.68. The second-order valence-electron chi connectivity index (χ2n) is 18.6. The lowest BCUT2D eigenvalue weighted by atomic mass is 9.93. The van der Waals surface area contributed by atoms with Crippen molar-refractivity contribution in [2.75, 3.05) is 5.32 Å². The normalized spacial score (nSPS) is 18.5. The van der Waals surface area contributed by atoms with Gasteiger partial charge in [-0.05, 0) is 102 Å². The molecule has 1 amide bonds. The molecule has 0 unspecified atom stereocenters. The lowest BCUT2D eigenvalue weighted by Gasteiger charge is -2.26. The minimum absolute atomic E-state index is 0.0156. The molecule has 0 bridgehead atoms. The predicted octanol–water partition coefficient (Wildman–Crippen LogP) is 8.73. The van der Waals surface area contributed by atoms with Crippen LogP contribution in [0.25, 0.3) is 22.0 Å². The monoisotopic (exact) mass is 977 g/mol. The van der Waals surface area contributed by atoms with Crippen LogP contribution in [0.5, 0.6) is 0 Å². The Bertz CT molecular complexity index is 3070. The van der Waals surface area contributed by atoms with Crippen LogP contribution in [0.2, 0.25) is 5.02 Å². The SMILES string of the molecule is Cn1nc(Nc2nnc(C(C)(C)O)o2)c2c(Cl)ccc(-c3ccc(CCC(C)(C)S(=O)(=O)C4CC4)nc3[C@H](Cc3cc(F)cc(F)c3)NC(=O)Cn3nc(C(F)(F)F)c4c3C(F)(F)[C@@H]3C[C@H]43)c21. The molecule has 356 valence electrons. The zero-order chi connectivity index (χ0) is 48.3. The molecule has 3 aliphatic carbocycles. The molecule has 3 N–H and O–H groups in total. The fraction of sp³-hybridized carbons (Fsp3) is 0.455. The van der Waals surface area contributed by atoms with E-state index in [4.69, 9.17) is 21.0 Å². The number of aromatic nitrogens is 7. The summed E-state index contributed by atoms with van der Waals surface area (Å²) in [6, 6.07) is 7.61. The van der Waals surface area contributed by atoms with Gasteiger partial charge >= 0.3 is 12.2 Å². The summed E-state index contributed by atoms with van der Waals surface area (Å²) in [7, 11) is -1.94. The molecular weight excluding hydrogens is 935 g/mol. The van der Waals surface area contributed by atoms with E-state index in [0.29, 0.717) is 51.3 Å². The second kappa shape index (κ2) is 16.0. The summed E-state index contributed by atoms with van der Waals surface area (Å²) in [5.74, 6) is -9.08. The summed E-state index contributed by atoms with van der Waals surface area (Å²) in [5, 5.41) is 32.0. The van der Waals surface area contributed by atoms with Gasteiger partial charge in [0.2, 0.25) is 11.8 Å². The molecule has 3 aliphatic rings. The van der Waals surface area contributed by atoms with Crippen molar-refractivity contribution in [3.8, 4) is 11.1 Å². The Morgan fingerprint density at radius 2 is 1.70 bits per heavy atom. The predicted molar refractivity (Wildman–Crippen MR) is 229 cm³/mol. The molecule has 0 radical (unpaired) electrons. The Labute approximate surface area is 383 Å². The first-order valence-electron chi connectivity index (χ1n) is 21.3. The Balaban J connectivity index is 1.16. The highest BCUT2D eigenvalue weighted by molar-refractivity contribution is 7.93. The van der Waals surface area contributed by atoms with Crippen LogP contribution in [-0.4, -0.2) is 64.2 Å². The molecule has 2 saturated carbocycles. The minimum Gasteiger partial charge on any atom is -0.405 e. The molecule has 0 spiro atoms. The van der Waals surface area contributed by atoms with Gasteiger partial charge in [-0.1, -0.05) is 28.8 Å². The standard InChI is InChI=1S/C44H43ClF7N9O5S/c1-41(2,67(64,65)24-7-8-24)13-12-23-6-9-25(26-10-11-29(45)33-35(26)60(5)59-38(33)55-40-57-56-39(66-40)42(3,4)63)34(53-23)30(16-20-14-21(46)17-22(47)15-20)54-31(62)19-61-37-32(36(58-61)44(50,51)52)27-18-28(27)43(37,48)49/h6,9-11,14-15,17,24,27-28,30,63H,7-8,12-13,16,18-19H2,1-5H3,(H,54,62)(H,55,57,59)/t27-,28+,30-/m0/s1. The number of benzene rings is 2. The van der Waals surface area contributed by atoms with Crippen molar-refractivity contribution < 1.29 is 53.5 Å². The summed E-state index contributed by atoms with van der Waals surface area (Å²) < 4.78 is 137. The van der Waals surface area contributed by atoms with Crippen molar-refractivity contribution in [2.24, 2.45) is 13.0 Å². The van der Waals surface area contributed by atoms with E-state index in [0.717, 1.165) is 12.1 Å². The molecule has 9 rings (SSSR count). The maximum atomic E-state index is 15.6. The number of aryl methyl sites for hydroxylation is 2. The number of rotatable bonds is 15. The zero-order valence-corrected chi connectivity index (χ0v) is 38.0. The number of amides is 1. The zero-order valence-electron chi connectivity index (χ0n) is 36.4. The average Bonchev–Trinajstić information content (AvgIpc) is 4.10. The van der Waals surface area contributed by atoms with E-state index in [-0.39, 0.29) is 59.7 Å². The van der Waals surface area contributed by atoms with Gasteiger partial charge in [0, 0.05) is 41.4 Å². The van der Waals surface area contributed by atoms with Crippen LogP contribution in [-0.2, 0) is 58.8 Å². The van der Waals surface area contributed by atoms with E-state index in [9.17, 15) is 40.3 Å². The number of hydrogen-bond acceptors (Lipinski definition) is 11. The largest absolute Gasteiger partial charge is 0.435 e. The van der Waals surface area contributed by atoms with Crippen LogP contribution in [0.3, 0.4) is 0 Å². The summed E-state index contributed by atoms with van der Waals surface area (Å²) in [6.45, 7) is 5.06. The number of halogens is 8. The Morgan fingerprint density at radius 1 is 1.01 bits per heavy atom. The summed E-state index contributed by atoms with van der Waals surface area (Å²) >= 11 is 6.81. The first-order chi connectivity index (χ1) is 31.2. The van der Waals surface area contributed by atoms with Crippen molar-refractivity contribution in [2.45, 2.75) is 112 Å². The van der Waals surface area contributed by atoms with Crippen LogP contribution >= 0.6 is 11.6 Å². The third kappa shape index (κ3) is 8.53. The van der Waals surface area contributed by atoms with Crippen LogP contribution in [0.15, 0.2) is 46.9 Å². The molecule has 0 saturated heterocycles. The van der Waals surface area contributed by atoms with Crippen molar-refractivity contribution in [1.82, 2.24) is 40.1 Å². The van der Waals surface area contributed by atoms with Gasteiger partial charge in [0.25, 0.3) is 5.92 Å². The molecule has 0 aliphatic heterocycles. The molecule has 4 heterocycles. The van der Waals surface area contributed by atoms with E-state index in [1.54, 1.807) is 45.2 Å². The lowest BCUT2D eigenvalue weighted by molar-refractivity contribution is -0.142. The van der Waals surface area contributed by atoms with Gasteiger partial charge in [-0.15, -0.1) is 5.10 Å². The maximum absolute atomic E-state index is 15.6. The molecule has 3 atom stereocenters. The van der Waals surface area contributed by atoms with Gasteiger partial charge in [0.05, 0.1) is 37.7 Å².